The summed E-state index contributed by atoms with van der Waals surface area (Å²) >= 11 is 5.82. The molecule has 2 N–H and O–H groups in total. The number of pyridine rings is 1. The molecule has 0 saturated heterocycles. The van der Waals surface area contributed by atoms with Gasteiger partial charge in [-0.05, 0) is 24.3 Å². The summed E-state index contributed by atoms with van der Waals surface area (Å²) < 4.78 is 24.0. The lowest BCUT2D eigenvalue weighted by Gasteiger charge is -2.23. The first-order chi connectivity index (χ1) is 14.0. The van der Waals surface area contributed by atoms with Crippen LogP contribution in [0, 0.1) is 5.82 Å². The van der Waals surface area contributed by atoms with Crippen LogP contribution >= 0.6 is 11.6 Å². The Morgan fingerprint density at radius 2 is 2.24 bits per heavy atom. The van der Waals surface area contributed by atoms with Crippen LogP contribution in [0.2, 0.25) is 5.02 Å². The molecule has 0 unspecified atom stereocenters. The van der Waals surface area contributed by atoms with E-state index in [0.29, 0.717) is 36.2 Å². The van der Waals surface area contributed by atoms with Crippen molar-refractivity contribution in [3.8, 4) is 5.88 Å². The number of anilines is 2. The molecule has 2 amide bonds. The minimum absolute atomic E-state index is 0.0813. The zero-order valence-electron chi connectivity index (χ0n) is 15.4. The third-order valence-corrected chi connectivity index (χ3v) is 4.78. The lowest BCUT2D eigenvalue weighted by atomic mass is 10.2. The van der Waals surface area contributed by atoms with Gasteiger partial charge in [-0.3, -0.25) is 10.00 Å². The molecule has 150 valence electrons. The number of nitrogens with zero attached hydrogens (tertiary/aromatic N) is 3. The lowest BCUT2D eigenvalue weighted by Crippen LogP contribution is -2.35. The second-order valence-electron chi connectivity index (χ2n) is 6.32. The second kappa shape index (κ2) is 8.06. The lowest BCUT2D eigenvalue weighted by molar-refractivity contribution is 0.131. The Morgan fingerprint density at radius 3 is 3.03 bits per heavy atom. The molecule has 29 heavy (non-hydrogen) atoms. The minimum atomic E-state index is -0.563. The molecule has 0 radical (unpaired) electrons. The molecular formula is C19H17ClFN5O3. The first-order valence-corrected chi connectivity index (χ1v) is 9.09. The molecule has 3 heterocycles. The Morgan fingerprint density at radius 1 is 1.38 bits per heavy atom. The monoisotopic (exact) mass is 417 g/mol. The largest absolute Gasteiger partial charge is 0.481 e. The number of halogens is 2. The number of hydrogen-bond donors (Lipinski definition) is 2. The molecule has 3 aromatic rings. The summed E-state index contributed by atoms with van der Waals surface area (Å²) in [6.07, 6.45) is 1.54. The summed E-state index contributed by atoms with van der Waals surface area (Å²) in [7, 11) is 1.50. The van der Waals surface area contributed by atoms with Crippen molar-refractivity contribution in [1.82, 2.24) is 15.2 Å². The number of benzene rings is 1. The van der Waals surface area contributed by atoms with Crippen LogP contribution in [0.4, 0.5) is 20.6 Å². The highest BCUT2D eigenvalue weighted by Gasteiger charge is 2.24. The third kappa shape index (κ3) is 4.01. The van der Waals surface area contributed by atoms with E-state index in [4.69, 9.17) is 21.1 Å². The van der Waals surface area contributed by atoms with Gasteiger partial charge in [0.15, 0.2) is 0 Å². The van der Waals surface area contributed by atoms with E-state index in [-0.39, 0.29) is 11.6 Å². The van der Waals surface area contributed by atoms with Crippen molar-refractivity contribution < 1.29 is 18.7 Å². The van der Waals surface area contributed by atoms with Crippen LogP contribution in [-0.4, -0.2) is 28.3 Å². The van der Waals surface area contributed by atoms with Crippen LogP contribution in [0.15, 0.2) is 36.5 Å². The number of nitrogens with one attached hydrogen (secondary N) is 2. The molecule has 8 nitrogen and oxygen atoms in total. The van der Waals surface area contributed by atoms with E-state index in [1.807, 2.05) is 0 Å². The smallest absolute Gasteiger partial charge is 0.326 e. The molecular weight excluding hydrogens is 401 g/mol. The summed E-state index contributed by atoms with van der Waals surface area (Å²) in [4.78, 5) is 18.6. The summed E-state index contributed by atoms with van der Waals surface area (Å²) in [6.45, 7) is 1.08. The number of carbonyl (C=O) groups excluding carboxylic acids is 1. The molecule has 4 rings (SSSR count). The number of rotatable bonds is 5. The van der Waals surface area contributed by atoms with E-state index in [2.05, 4.69) is 20.5 Å². The molecule has 10 heteroatoms. The Labute approximate surface area is 170 Å². The van der Waals surface area contributed by atoms with Gasteiger partial charge < -0.3 is 14.8 Å². The van der Waals surface area contributed by atoms with Crippen LogP contribution in [0.1, 0.15) is 17.0 Å². The maximum atomic E-state index is 13.4. The molecule has 0 spiro atoms. The standard InChI is InChI=1S/C19H17ClFN5O3/c1-28-18-7-12(4-5-22-18)26(8-16-13-9-29-10-17(13)25-24-16)19(27)23-11-2-3-15(21)14(20)6-11/h2-7H,8-10H2,1H3,(H,23,27)(H,24,25). The Hall–Kier alpha value is -3.17. The van der Waals surface area contributed by atoms with Crippen LogP contribution in [0.3, 0.4) is 0 Å². The van der Waals surface area contributed by atoms with Gasteiger partial charge in [0.2, 0.25) is 5.88 Å². The van der Waals surface area contributed by atoms with Crippen molar-refractivity contribution in [3.63, 3.8) is 0 Å². The van der Waals surface area contributed by atoms with Gasteiger partial charge in [0, 0.05) is 23.5 Å². The predicted molar refractivity (Wildman–Crippen MR) is 104 cm³/mol. The summed E-state index contributed by atoms with van der Waals surface area (Å²) in [6, 6.07) is 6.85. The zero-order valence-corrected chi connectivity index (χ0v) is 16.2. The van der Waals surface area contributed by atoms with Crippen LogP contribution in [-0.2, 0) is 24.5 Å². The van der Waals surface area contributed by atoms with E-state index in [0.717, 1.165) is 11.3 Å². The molecule has 0 atom stereocenters. The van der Waals surface area contributed by atoms with Crippen molar-refractivity contribution in [2.24, 2.45) is 0 Å². The number of amides is 2. The molecule has 0 saturated carbocycles. The van der Waals surface area contributed by atoms with Crippen molar-refractivity contribution >= 4 is 29.0 Å². The number of hydrogen-bond acceptors (Lipinski definition) is 5. The fraction of sp³-hybridized carbons (Fsp3) is 0.211. The molecule has 0 aliphatic carbocycles. The number of ether oxygens (including phenoxy) is 2. The van der Waals surface area contributed by atoms with Crippen molar-refractivity contribution in [2.75, 3.05) is 17.3 Å². The number of fused-ring (bicyclic) bond motifs is 1. The topological polar surface area (TPSA) is 92.4 Å². The fourth-order valence-electron chi connectivity index (χ4n) is 2.99. The quantitative estimate of drug-likeness (QED) is 0.657. The predicted octanol–water partition coefficient (Wildman–Crippen LogP) is 3.87. The van der Waals surface area contributed by atoms with Gasteiger partial charge >= 0.3 is 6.03 Å². The number of aromatic nitrogens is 3. The number of urea groups is 1. The van der Waals surface area contributed by atoms with Gasteiger partial charge in [-0.1, -0.05) is 11.6 Å². The fourth-order valence-corrected chi connectivity index (χ4v) is 3.17. The van der Waals surface area contributed by atoms with E-state index in [1.54, 1.807) is 18.3 Å². The highest BCUT2D eigenvalue weighted by molar-refractivity contribution is 6.31. The van der Waals surface area contributed by atoms with Crippen molar-refractivity contribution in [2.45, 2.75) is 19.8 Å². The SMILES string of the molecule is COc1cc(N(Cc2n[nH]c3c2COC3)C(=O)Nc2ccc(F)c(Cl)c2)ccn1. The molecule has 0 bridgehead atoms. The van der Waals surface area contributed by atoms with E-state index in [1.165, 1.54) is 30.2 Å². The molecule has 2 aromatic heterocycles. The van der Waals surface area contributed by atoms with E-state index >= 15 is 0 Å². The highest BCUT2D eigenvalue weighted by atomic mass is 35.5. The number of aromatic amines is 1. The number of carbonyl (C=O) groups is 1. The van der Waals surface area contributed by atoms with Crippen molar-refractivity contribution in [3.05, 3.63) is 64.3 Å². The average Bonchev–Trinajstić information content (AvgIpc) is 3.33. The average molecular weight is 418 g/mol. The normalized spacial score (nSPS) is 12.5. The highest BCUT2D eigenvalue weighted by Crippen LogP contribution is 2.27. The summed E-state index contributed by atoms with van der Waals surface area (Å²) in [5.74, 6) is -0.201. The zero-order chi connectivity index (χ0) is 20.4. The van der Waals surface area contributed by atoms with Gasteiger partial charge in [-0.2, -0.15) is 5.10 Å². The minimum Gasteiger partial charge on any atom is -0.481 e. The molecule has 1 aliphatic rings. The second-order valence-corrected chi connectivity index (χ2v) is 6.73. The van der Waals surface area contributed by atoms with Crippen LogP contribution in [0.5, 0.6) is 5.88 Å². The molecule has 1 aliphatic heterocycles. The first-order valence-electron chi connectivity index (χ1n) is 8.71. The Kier molecular flexibility index (Phi) is 5.32. The van der Waals surface area contributed by atoms with Crippen LogP contribution < -0.4 is 15.0 Å². The maximum Gasteiger partial charge on any atom is 0.326 e. The van der Waals surface area contributed by atoms with Crippen LogP contribution in [0.25, 0.3) is 0 Å². The van der Waals surface area contributed by atoms with Gasteiger partial charge in [0.05, 0.1) is 49.0 Å². The first kappa shape index (κ1) is 19.2. The van der Waals surface area contributed by atoms with Gasteiger partial charge in [0.25, 0.3) is 0 Å². The molecule has 1 aromatic carbocycles. The van der Waals surface area contributed by atoms with Gasteiger partial charge in [-0.15, -0.1) is 0 Å². The Balaban J connectivity index is 1.64. The van der Waals surface area contributed by atoms with Gasteiger partial charge in [0.1, 0.15) is 5.82 Å². The Bertz CT molecular complexity index is 1060. The molecule has 0 fully saturated rings. The van der Waals surface area contributed by atoms with E-state index < -0.39 is 11.8 Å². The number of H-pyrrole nitrogens is 1. The number of methoxy groups -OCH3 is 1. The maximum absolute atomic E-state index is 13.4. The third-order valence-electron chi connectivity index (χ3n) is 4.49. The summed E-state index contributed by atoms with van der Waals surface area (Å²) in [5, 5.41) is 9.91. The summed E-state index contributed by atoms with van der Waals surface area (Å²) in [5.41, 5.74) is 3.45. The van der Waals surface area contributed by atoms with E-state index in [9.17, 15) is 9.18 Å². The van der Waals surface area contributed by atoms with Gasteiger partial charge in [-0.25, -0.2) is 14.2 Å². The van der Waals surface area contributed by atoms with Crippen molar-refractivity contribution in [1.29, 1.82) is 0 Å².